The molecule has 0 saturated heterocycles. The number of nitrogens with one attached hydrogen (secondary N) is 1. The Morgan fingerprint density at radius 3 is 2.76 bits per heavy atom. The van der Waals surface area contributed by atoms with Gasteiger partial charge in [0.05, 0.1) is 10.6 Å². The molecule has 0 aliphatic heterocycles. The number of nitro benzene ring substituents is 1. The molecule has 2 aromatic rings. The summed E-state index contributed by atoms with van der Waals surface area (Å²) in [5.74, 6) is -1.97. The zero-order valence-corrected chi connectivity index (χ0v) is 11.3. The first-order chi connectivity index (χ1) is 9.97. The third-order valence-electron chi connectivity index (χ3n) is 2.95. The Bertz CT molecular complexity index is 658. The number of hydrogen-bond acceptors (Lipinski definition) is 4. The molecule has 0 saturated carbocycles. The molecule has 0 radical (unpaired) electrons. The lowest BCUT2D eigenvalue weighted by Crippen LogP contribution is -2.18. The second-order valence-electron chi connectivity index (χ2n) is 4.56. The molecule has 2 rings (SSSR count). The van der Waals surface area contributed by atoms with Gasteiger partial charge in [-0.2, -0.15) is 9.49 Å². The van der Waals surface area contributed by atoms with Gasteiger partial charge in [-0.3, -0.25) is 14.8 Å². The van der Waals surface area contributed by atoms with Gasteiger partial charge in [0.2, 0.25) is 5.82 Å². The molecule has 0 bridgehead atoms. The number of nitrogens with zero attached hydrogens (tertiary/aromatic N) is 3. The Morgan fingerprint density at radius 2 is 2.14 bits per heavy atom. The van der Waals surface area contributed by atoms with Crippen molar-refractivity contribution in [3.8, 4) is 0 Å². The van der Waals surface area contributed by atoms with Crippen LogP contribution in [0, 0.1) is 21.7 Å². The molecule has 0 atom stereocenters. The molecule has 112 valence electrons. The molecule has 1 aromatic carbocycles. The van der Waals surface area contributed by atoms with Crippen LogP contribution in [0.2, 0.25) is 0 Å². The molecule has 1 N–H and O–H groups in total. The number of hydrogen-bond donors (Lipinski definition) is 1. The monoisotopic (exact) mass is 296 g/mol. The minimum Gasteiger partial charge on any atom is -0.312 e. The van der Waals surface area contributed by atoms with Gasteiger partial charge in [-0.15, -0.1) is 0 Å². The summed E-state index contributed by atoms with van der Waals surface area (Å²) in [4.78, 5) is 9.75. The number of halogens is 2. The van der Waals surface area contributed by atoms with E-state index in [1.54, 1.807) is 4.68 Å². The summed E-state index contributed by atoms with van der Waals surface area (Å²) in [7, 11) is 1.81. The average molecular weight is 296 g/mol. The standard InChI is InChI=1S/C13H14F2N4O2/c1-18-5-3-10(17-18)2-4-16-8-9-6-13(19(20)21)12(15)7-11(9)14/h3,5-7,16H,2,4,8H2,1H3. The van der Waals surface area contributed by atoms with Crippen LogP contribution < -0.4 is 5.32 Å². The summed E-state index contributed by atoms with van der Waals surface area (Å²) < 4.78 is 28.4. The highest BCUT2D eigenvalue weighted by molar-refractivity contribution is 5.37. The van der Waals surface area contributed by atoms with Crippen LogP contribution in [0.5, 0.6) is 0 Å². The zero-order valence-electron chi connectivity index (χ0n) is 11.3. The highest BCUT2D eigenvalue weighted by Gasteiger charge is 2.18. The summed E-state index contributed by atoms with van der Waals surface area (Å²) in [5.41, 5.74) is 0.220. The topological polar surface area (TPSA) is 73.0 Å². The molecule has 0 fully saturated rings. The zero-order chi connectivity index (χ0) is 15.4. The van der Waals surface area contributed by atoms with Gasteiger partial charge in [-0.05, 0) is 6.07 Å². The summed E-state index contributed by atoms with van der Waals surface area (Å²) >= 11 is 0. The van der Waals surface area contributed by atoms with Gasteiger partial charge in [0.15, 0.2) is 0 Å². The highest BCUT2D eigenvalue weighted by atomic mass is 19.1. The molecule has 1 aromatic heterocycles. The van der Waals surface area contributed by atoms with Crippen LogP contribution >= 0.6 is 0 Å². The van der Waals surface area contributed by atoms with E-state index < -0.39 is 22.2 Å². The molecule has 8 heteroatoms. The smallest absolute Gasteiger partial charge is 0.305 e. The molecule has 0 spiro atoms. The summed E-state index contributed by atoms with van der Waals surface area (Å²) in [6, 6.07) is 3.32. The van der Waals surface area contributed by atoms with Crippen molar-refractivity contribution in [1.82, 2.24) is 15.1 Å². The maximum Gasteiger partial charge on any atom is 0.305 e. The first-order valence-electron chi connectivity index (χ1n) is 6.29. The average Bonchev–Trinajstić information content (AvgIpc) is 2.82. The van der Waals surface area contributed by atoms with Gasteiger partial charge in [0, 0.05) is 50.5 Å². The Balaban J connectivity index is 1.93. The van der Waals surface area contributed by atoms with Crippen LogP contribution in [0.25, 0.3) is 0 Å². The lowest BCUT2D eigenvalue weighted by Gasteiger charge is -2.06. The van der Waals surface area contributed by atoms with E-state index in [2.05, 4.69) is 10.4 Å². The maximum absolute atomic E-state index is 13.5. The minimum absolute atomic E-state index is 0.0594. The van der Waals surface area contributed by atoms with Crippen molar-refractivity contribution in [1.29, 1.82) is 0 Å². The molecule has 6 nitrogen and oxygen atoms in total. The Hall–Kier alpha value is -2.35. The summed E-state index contributed by atoms with van der Waals surface area (Å²) in [6.07, 6.45) is 2.46. The van der Waals surface area contributed by atoms with Gasteiger partial charge in [-0.25, -0.2) is 4.39 Å². The van der Waals surface area contributed by atoms with E-state index in [4.69, 9.17) is 0 Å². The van der Waals surface area contributed by atoms with Crippen LogP contribution in [0.4, 0.5) is 14.5 Å². The van der Waals surface area contributed by atoms with Gasteiger partial charge in [-0.1, -0.05) is 0 Å². The van der Waals surface area contributed by atoms with Crippen molar-refractivity contribution in [3.05, 3.63) is 57.4 Å². The van der Waals surface area contributed by atoms with E-state index in [0.717, 1.165) is 11.8 Å². The van der Waals surface area contributed by atoms with E-state index >= 15 is 0 Å². The van der Waals surface area contributed by atoms with E-state index in [-0.39, 0.29) is 12.1 Å². The van der Waals surface area contributed by atoms with Crippen molar-refractivity contribution in [2.75, 3.05) is 6.54 Å². The first kappa shape index (κ1) is 15.0. The van der Waals surface area contributed by atoms with Gasteiger partial charge >= 0.3 is 5.69 Å². The molecule has 0 aliphatic rings. The predicted molar refractivity (Wildman–Crippen MR) is 71.6 cm³/mol. The molecule has 0 unspecified atom stereocenters. The molecule has 0 aliphatic carbocycles. The molecular weight excluding hydrogens is 282 g/mol. The predicted octanol–water partition coefficient (Wildman–Crippen LogP) is 1.94. The van der Waals surface area contributed by atoms with Crippen molar-refractivity contribution >= 4 is 5.69 Å². The Morgan fingerprint density at radius 1 is 1.38 bits per heavy atom. The normalized spacial score (nSPS) is 10.8. The third-order valence-corrected chi connectivity index (χ3v) is 2.95. The van der Waals surface area contributed by atoms with E-state index in [1.807, 2.05) is 19.3 Å². The van der Waals surface area contributed by atoms with Crippen LogP contribution in [-0.2, 0) is 20.0 Å². The fourth-order valence-corrected chi connectivity index (χ4v) is 1.89. The maximum atomic E-state index is 13.5. The number of nitro groups is 1. The molecule has 1 heterocycles. The number of rotatable bonds is 6. The van der Waals surface area contributed by atoms with Gasteiger partial charge in [0.1, 0.15) is 5.82 Å². The summed E-state index contributed by atoms with van der Waals surface area (Å²) in [5, 5.41) is 17.8. The fourth-order valence-electron chi connectivity index (χ4n) is 1.89. The molecule has 21 heavy (non-hydrogen) atoms. The Labute approximate surface area is 119 Å². The fraction of sp³-hybridized carbons (Fsp3) is 0.308. The van der Waals surface area contributed by atoms with Crippen molar-refractivity contribution in [3.63, 3.8) is 0 Å². The summed E-state index contributed by atoms with van der Waals surface area (Å²) in [6.45, 7) is 0.613. The second kappa shape index (κ2) is 6.40. The SMILES string of the molecule is Cn1ccc(CCNCc2cc([N+](=O)[O-])c(F)cc2F)n1. The number of aromatic nitrogens is 2. The third kappa shape index (κ3) is 3.82. The van der Waals surface area contributed by atoms with E-state index in [1.165, 1.54) is 0 Å². The minimum atomic E-state index is -1.17. The number of benzene rings is 1. The molecular formula is C13H14F2N4O2. The molecule has 0 amide bonds. The highest BCUT2D eigenvalue weighted by Crippen LogP contribution is 2.21. The largest absolute Gasteiger partial charge is 0.312 e. The number of aryl methyl sites for hydroxylation is 1. The van der Waals surface area contributed by atoms with Crippen LogP contribution in [0.1, 0.15) is 11.3 Å². The van der Waals surface area contributed by atoms with E-state index in [9.17, 15) is 18.9 Å². The van der Waals surface area contributed by atoms with Crippen molar-refractivity contribution in [2.45, 2.75) is 13.0 Å². The quantitative estimate of drug-likeness (QED) is 0.502. The van der Waals surface area contributed by atoms with Gasteiger partial charge < -0.3 is 5.32 Å². The Kier molecular flexibility index (Phi) is 4.59. The van der Waals surface area contributed by atoms with Crippen LogP contribution in [0.15, 0.2) is 24.4 Å². The van der Waals surface area contributed by atoms with E-state index in [0.29, 0.717) is 19.0 Å². The first-order valence-corrected chi connectivity index (χ1v) is 6.29. The second-order valence-corrected chi connectivity index (χ2v) is 4.56. The van der Waals surface area contributed by atoms with Crippen molar-refractivity contribution < 1.29 is 13.7 Å². The van der Waals surface area contributed by atoms with Crippen molar-refractivity contribution in [2.24, 2.45) is 7.05 Å². The lowest BCUT2D eigenvalue weighted by molar-refractivity contribution is -0.387. The lowest BCUT2D eigenvalue weighted by atomic mass is 10.1. The van der Waals surface area contributed by atoms with Crippen LogP contribution in [0.3, 0.4) is 0 Å². The van der Waals surface area contributed by atoms with Gasteiger partial charge in [0.25, 0.3) is 0 Å². The van der Waals surface area contributed by atoms with Crippen LogP contribution in [-0.4, -0.2) is 21.2 Å².